The highest BCUT2D eigenvalue weighted by molar-refractivity contribution is 7.87. The average molecular weight is 512 g/mol. The number of H-pyrrole nitrogens is 1. The summed E-state index contributed by atoms with van der Waals surface area (Å²) < 4.78 is 30.4. The van der Waals surface area contributed by atoms with E-state index in [0.717, 1.165) is 16.6 Å². The van der Waals surface area contributed by atoms with Crippen LogP contribution in [0.15, 0.2) is 30.5 Å². The first-order valence-electron chi connectivity index (χ1n) is 12.3. The van der Waals surface area contributed by atoms with Crippen molar-refractivity contribution in [3.05, 3.63) is 36.2 Å². The average Bonchev–Trinajstić information content (AvgIpc) is 3.27. The van der Waals surface area contributed by atoms with E-state index in [1.807, 2.05) is 51.1 Å². The number of nitriles is 1. The lowest BCUT2D eigenvalue weighted by molar-refractivity contribution is 0.159. The molecular weight excluding hydrogens is 478 g/mol. The molecule has 1 fully saturated rings. The van der Waals surface area contributed by atoms with Gasteiger partial charge in [-0.15, -0.1) is 0 Å². The number of pyridine rings is 2. The lowest BCUT2D eigenvalue weighted by atomic mass is 9.91. The topological polar surface area (TPSA) is 152 Å². The van der Waals surface area contributed by atoms with Crippen molar-refractivity contribution in [3.63, 3.8) is 0 Å². The van der Waals surface area contributed by atoms with Crippen molar-refractivity contribution in [3.8, 4) is 6.07 Å². The first kappa shape index (κ1) is 25.8. The van der Waals surface area contributed by atoms with Crippen LogP contribution in [0.2, 0.25) is 0 Å². The van der Waals surface area contributed by atoms with Crippen LogP contribution in [-0.4, -0.2) is 57.6 Å². The molecule has 1 aliphatic rings. The van der Waals surface area contributed by atoms with Crippen molar-refractivity contribution < 1.29 is 8.42 Å². The first-order valence-corrected chi connectivity index (χ1v) is 13.7. The quantitative estimate of drug-likeness (QED) is 0.301. The SMILES string of the molecule is CC[C@@H]1CC(Nc2nc(Nc3cc(C)[nH]n3)cc3ncccc23)C[C@H](CC)N1S(=O)(=O)NCCC#N. The van der Waals surface area contributed by atoms with Crippen LogP contribution in [0.3, 0.4) is 0 Å². The summed E-state index contributed by atoms with van der Waals surface area (Å²) in [5.74, 6) is 1.99. The van der Waals surface area contributed by atoms with E-state index in [4.69, 9.17) is 10.2 Å². The Balaban J connectivity index is 1.59. The van der Waals surface area contributed by atoms with Gasteiger partial charge in [0.25, 0.3) is 10.2 Å². The van der Waals surface area contributed by atoms with Crippen LogP contribution in [0.4, 0.5) is 17.5 Å². The molecule has 1 aliphatic heterocycles. The fourth-order valence-corrected chi connectivity index (χ4v) is 6.59. The Bertz CT molecular complexity index is 1320. The Morgan fingerprint density at radius 3 is 2.58 bits per heavy atom. The maximum absolute atomic E-state index is 13.1. The number of nitrogens with one attached hydrogen (secondary N) is 4. The fourth-order valence-electron chi connectivity index (χ4n) is 4.83. The normalized spacial score (nSPS) is 20.8. The van der Waals surface area contributed by atoms with Crippen LogP contribution in [0.25, 0.3) is 10.9 Å². The maximum Gasteiger partial charge on any atom is 0.279 e. The summed E-state index contributed by atoms with van der Waals surface area (Å²) >= 11 is 0. The van der Waals surface area contributed by atoms with Gasteiger partial charge in [-0.3, -0.25) is 10.1 Å². The first-order chi connectivity index (χ1) is 17.3. The number of aryl methyl sites for hydroxylation is 1. The molecule has 4 rings (SSSR count). The Morgan fingerprint density at radius 2 is 1.94 bits per heavy atom. The van der Waals surface area contributed by atoms with E-state index in [9.17, 15) is 8.42 Å². The molecular formula is C24H33N9O2S. The van der Waals surface area contributed by atoms with Gasteiger partial charge in [-0.2, -0.15) is 23.1 Å². The summed E-state index contributed by atoms with van der Waals surface area (Å²) in [5.41, 5.74) is 1.74. The van der Waals surface area contributed by atoms with Crippen LogP contribution in [-0.2, 0) is 10.2 Å². The molecule has 3 atom stereocenters. The summed E-state index contributed by atoms with van der Waals surface area (Å²) in [7, 11) is -3.69. The van der Waals surface area contributed by atoms with Gasteiger partial charge in [-0.05, 0) is 44.7 Å². The van der Waals surface area contributed by atoms with E-state index in [0.29, 0.717) is 43.1 Å². The van der Waals surface area contributed by atoms with E-state index in [1.54, 1.807) is 10.5 Å². The Hall–Kier alpha value is -3.27. The predicted octanol–water partition coefficient (Wildman–Crippen LogP) is 3.59. The monoisotopic (exact) mass is 511 g/mol. The maximum atomic E-state index is 13.1. The van der Waals surface area contributed by atoms with Crippen LogP contribution < -0.4 is 15.4 Å². The van der Waals surface area contributed by atoms with Gasteiger partial charge in [0.15, 0.2) is 5.82 Å². The van der Waals surface area contributed by atoms with E-state index >= 15 is 0 Å². The number of hydrogen-bond donors (Lipinski definition) is 4. The van der Waals surface area contributed by atoms with E-state index in [1.165, 1.54) is 0 Å². The molecule has 12 heteroatoms. The van der Waals surface area contributed by atoms with Gasteiger partial charge in [0, 0.05) is 60.5 Å². The zero-order valence-electron chi connectivity index (χ0n) is 20.8. The number of hydrogen-bond acceptors (Lipinski definition) is 8. The lowest BCUT2D eigenvalue weighted by Gasteiger charge is -2.44. The van der Waals surface area contributed by atoms with E-state index in [-0.39, 0.29) is 31.1 Å². The number of aromatic nitrogens is 4. The molecule has 36 heavy (non-hydrogen) atoms. The molecule has 0 bridgehead atoms. The second-order valence-electron chi connectivity index (χ2n) is 9.06. The van der Waals surface area contributed by atoms with Crippen LogP contribution >= 0.6 is 0 Å². The number of anilines is 3. The fraction of sp³-hybridized carbons (Fsp3) is 0.500. The van der Waals surface area contributed by atoms with Crippen molar-refractivity contribution in [2.24, 2.45) is 0 Å². The third-order valence-electron chi connectivity index (χ3n) is 6.48. The molecule has 0 amide bonds. The number of nitrogens with zero attached hydrogens (tertiary/aromatic N) is 5. The Labute approximate surface area is 211 Å². The molecule has 0 saturated carbocycles. The van der Waals surface area contributed by atoms with Crippen molar-refractivity contribution in [1.82, 2.24) is 29.2 Å². The van der Waals surface area contributed by atoms with Gasteiger partial charge < -0.3 is 10.6 Å². The molecule has 4 heterocycles. The molecule has 0 radical (unpaired) electrons. The number of fused-ring (bicyclic) bond motifs is 1. The van der Waals surface area contributed by atoms with Gasteiger partial charge in [0.1, 0.15) is 11.6 Å². The second kappa shape index (κ2) is 11.2. The van der Waals surface area contributed by atoms with Crippen molar-refractivity contribution >= 4 is 38.6 Å². The highest BCUT2D eigenvalue weighted by Crippen LogP contribution is 2.33. The molecule has 3 aromatic rings. The molecule has 1 unspecified atom stereocenters. The minimum Gasteiger partial charge on any atom is -0.367 e. The van der Waals surface area contributed by atoms with Crippen molar-refractivity contribution in [2.75, 3.05) is 17.2 Å². The molecule has 3 aromatic heterocycles. The molecule has 0 aliphatic carbocycles. The third-order valence-corrected chi connectivity index (χ3v) is 8.20. The van der Waals surface area contributed by atoms with Crippen LogP contribution in [0, 0.1) is 18.3 Å². The van der Waals surface area contributed by atoms with E-state index in [2.05, 4.69) is 30.5 Å². The Kier molecular flexibility index (Phi) is 8.03. The predicted molar refractivity (Wildman–Crippen MR) is 140 cm³/mol. The van der Waals surface area contributed by atoms with Gasteiger partial charge in [0.2, 0.25) is 0 Å². The summed E-state index contributed by atoms with van der Waals surface area (Å²) in [6.45, 7) is 6.06. The minimum absolute atomic E-state index is 0.0317. The Morgan fingerprint density at radius 1 is 1.19 bits per heavy atom. The summed E-state index contributed by atoms with van der Waals surface area (Å²) in [5, 5.41) is 23.7. The standard InChI is InChI=1S/C24H33N9O2S/c1-4-18-13-17(14-19(5-2)33(18)36(34,35)27-11-7-9-25)28-24-20-8-6-10-26-21(20)15-22(30-24)29-23-12-16(3)31-32-23/h6,8,10,12,15,17-19,27H,4-5,7,11,13-14H2,1-3H3,(H3,28,29,30,31,32)/t17?,18-,19+. The van der Waals surface area contributed by atoms with Gasteiger partial charge >= 0.3 is 0 Å². The molecule has 0 aromatic carbocycles. The smallest absolute Gasteiger partial charge is 0.279 e. The van der Waals surface area contributed by atoms with E-state index < -0.39 is 10.2 Å². The lowest BCUT2D eigenvalue weighted by Crippen LogP contribution is -2.57. The van der Waals surface area contributed by atoms with Crippen LogP contribution in [0.5, 0.6) is 0 Å². The summed E-state index contributed by atoms with van der Waals surface area (Å²) in [6.07, 6.45) is 4.54. The minimum atomic E-state index is -3.69. The molecule has 0 spiro atoms. The van der Waals surface area contributed by atoms with Crippen LogP contribution in [0.1, 0.15) is 51.6 Å². The number of piperidine rings is 1. The molecule has 1 saturated heterocycles. The molecule has 4 N–H and O–H groups in total. The zero-order valence-corrected chi connectivity index (χ0v) is 21.6. The highest BCUT2D eigenvalue weighted by atomic mass is 32.2. The molecule has 192 valence electrons. The van der Waals surface area contributed by atoms with Crippen molar-refractivity contribution in [1.29, 1.82) is 5.26 Å². The summed E-state index contributed by atoms with van der Waals surface area (Å²) in [6, 6.07) is 9.32. The second-order valence-corrected chi connectivity index (χ2v) is 10.7. The highest BCUT2D eigenvalue weighted by Gasteiger charge is 2.41. The van der Waals surface area contributed by atoms with Gasteiger partial charge in [-0.1, -0.05) is 13.8 Å². The largest absolute Gasteiger partial charge is 0.367 e. The van der Waals surface area contributed by atoms with Gasteiger partial charge in [0.05, 0.1) is 11.6 Å². The summed E-state index contributed by atoms with van der Waals surface area (Å²) in [4.78, 5) is 9.35. The van der Waals surface area contributed by atoms with Crippen molar-refractivity contribution in [2.45, 2.75) is 71.0 Å². The number of rotatable bonds is 10. The van der Waals surface area contributed by atoms with Gasteiger partial charge in [-0.25, -0.2) is 9.71 Å². The zero-order chi connectivity index (χ0) is 25.7. The third kappa shape index (κ3) is 5.75. The number of aromatic amines is 1. The molecule has 11 nitrogen and oxygen atoms in total.